The van der Waals surface area contributed by atoms with E-state index in [1.165, 1.54) is 6.92 Å². The average molecular weight is 215 g/mol. The number of anilines is 1. The van der Waals surface area contributed by atoms with Crippen LogP contribution in [0, 0.1) is 0 Å². The van der Waals surface area contributed by atoms with Crippen molar-refractivity contribution in [2.24, 2.45) is 0 Å². The van der Waals surface area contributed by atoms with E-state index in [9.17, 15) is 4.79 Å². The van der Waals surface area contributed by atoms with Crippen molar-refractivity contribution in [2.75, 3.05) is 5.48 Å². The molecule has 0 bridgehead atoms. The van der Waals surface area contributed by atoms with E-state index in [1.807, 2.05) is 30.3 Å². The van der Waals surface area contributed by atoms with Crippen LogP contribution in [0.5, 0.6) is 0 Å². The van der Waals surface area contributed by atoms with E-state index in [-0.39, 0.29) is 86.9 Å². The first-order valence-electron chi connectivity index (χ1n) is 3.27. The molecule has 1 aromatic carbocycles. The average Bonchev–Trinajstić information content (AvgIpc) is 2.03. The fraction of sp³-hybridized carbons (Fsp3) is 0.125. The third kappa shape index (κ3) is 8.14. The molecule has 0 spiro atoms. The van der Waals surface area contributed by atoms with E-state index in [1.54, 1.807) is 0 Å². The van der Waals surface area contributed by atoms with E-state index in [4.69, 9.17) is 0 Å². The molecule has 3 nitrogen and oxygen atoms in total. The van der Waals surface area contributed by atoms with Gasteiger partial charge in [-0.05, 0) is 12.1 Å². The summed E-state index contributed by atoms with van der Waals surface area (Å²) in [5.74, 6) is -0.353. The first-order valence-corrected chi connectivity index (χ1v) is 3.27. The molecule has 0 aliphatic carbocycles. The third-order valence-corrected chi connectivity index (χ3v) is 1.09. The van der Waals surface area contributed by atoms with Crippen LogP contribution in [-0.4, -0.2) is 86.9 Å². The second-order valence-electron chi connectivity index (χ2n) is 2.06. The van der Waals surface area contributed by atoms with E-state index in [0.717, 1.165) is 5.69 Å². The summed E-state index contributed by atoms with van der Waals surface area (Å²) in [6.45, 7) is 1.34. The normalized spacial score (nSPS) is 7.46. The maximum atomic E-state index is 10.3. The molecule has 13 heavy (non-hydrogen) atoms. The molecule has 62 valence electrons. The zero-order chi connectivity index (χ0) is 8.10. The molecule has 0 saturated heterocycles. The van der Waals surface area contributed by atoms with Gasteiger partial charge in [0, 0.05) is 6.92 Å². The van der Waals surface area contributed by atoms with E-state index in [2.05, 4.69) is 10.3 Å². The number of hydrogen-bond acceptors (Lipinski definition) is 3. The number of nitrogens with one attached hydrogen (secondary N) is 1. The molecule has 0 amide bonds. The van der Waals surface area contributed by atoms with Crippen molar-refractivity contribution in [1.82, 2.24) is 0 Å². The van der Waals surface area contributed by atoms with Crippen LogP contribution in [0.3, 0.4) is 0 Å². The van der Waals surface area contributed by atoms with Crippen molar-refractivity contribution in [3.8, 4) is 0 Å². The van der Waals surface area contributed by atoms with E-state index in [0.29, 0.717) is 0 Å². The number of para-hydroxylation sites is 1. The van der Waals surface area contributed by atoms with Gasteiger partial charge in [0.2, 0.25) is 0 Å². The Morgan fingerprint density at radius 1 is 1.31 bits per heavy atom. The Morgan fingerprint density at radius 2 is 1.85 bits per heavy atom. The van der Waals surface area contributed by atoms with Crippen molar-refractivity contribution in [2.45, 2.75) is 6.92 Å². The molecule has 5 heteroatoms. The van der Waals surface area contributed by atoms with Gasteiger partial charge in [-0.1, -0.05) is 18.2 Å². The Labute approximate surface area is 142 Å². The molecule has 0 atom stereocenters. The number of hydrogen-bond donors (Lipinski definition) is 1. The summed E-state index contributed by atoms with van der Waals surface area (Å²) in [5.41, 5.74) is 3.26. The summed E-state index contributed by atoms with van der Waals surface area (Å²) in [4.78, 5) is 14.9. The van der Waals surface area contributed by atoms with Crippen LogP contribution in [-0.2, 0) is 9.63 Å². The van der Waals surface area contributed by atoms with Crippen molar-refractivity contribution in [3.05, 3.63) is 30.3 Å². The van der Waals surface area contributed by atoms with Gasteiger partial charge < -0.3 is 4.84 Å². The molecule has 0 radical (unpaired) electrons. The zero-order valence-corrected chi connectivity index (χ0v) is 6.20. The molecule has 1 rings (SSSR count). The number of carbonyl (C=O) groups excluding carboxylic acids is 1. The second-order valence-corrected chi connectivity index (χ2v) is 2.06. The van der Waals surface area contributed by atoms with Gasteiger partial charge in [0.15, 0.2) is 0 Å². The zero-order valence-electron chi connectivity index (χ0n) is 6.20. The summed E-state index contributed by atoms with van der Waals surface area (Å²) in [7, 11) is 0. The molecule has 1 aromatic rings. The Morgan fingerprint density at radius 3 is 2.31 bits per heavy atom. The maximum absolute atomic E-state index is 10.3. The molecule has 0 aliphatic rings. The Bertz CT molecular complexity index is 243. The summed E-state index contributed by atoms with van der Waals surface area (Å²) in [6, 6.07) is 9.21. The predicted octanol–water partition coefficient (Wildman–Crippen LogP) is 0.280. The van der Waals surface area contributed by atoms with Crippen molar-refractivity contribution in [3.63, 3.8) is 0 Å². The van der Waals surface area contributed by atoms with E-state index >= 15 is 0 Å². The Balaban J connectivity index is 0. The minimum atomic E-state index is -0.353. The Hall–Kier alpha value is 1.13. The van der Waals surface area contributed by atoms with Gasteiger partial charge in [-0.3, -0.25) is 4.79 Å². The summed E-state index contributed by atoms with van der Waals surface area (Å²) in [5, 5.41) is 0. The van der Waals surface area contributed by atoms with Gasteiger partial charge in [-0.25, -0.2) is 5.48 Å². The van der Waals surface area contributed by atoms with Gasteiger partial charge in [0.1, 0.15) is 0 Å². The standard InChI is InChI=1S/C8H9NO2.K.Na.2H/c1-7(10)11-9-8-5-3-2-4-6-8;;;;/h2-6,9H,1H3;;;;. The fourth-order valence-electron chi connectivity index (χ4n) is 0.637. The number of carbonyl (C=O) groups is 1. The molecular formula is C8H11KNNaO2. The second kappa shape index (κ2) is 9.67. The van der Waals surface area contributed by atoms with Crippen molar-refractivity contribution < 1.29 is 9.63 Å². The first-order chi connectivity index (χ1) is 5.29. The molecule has 1 N–H and O–H groups in total. The molecule has 0 heterocycles. The molecule has 0 aromatic heterocycles. The predicted molar refractivity (Wildman–Crippen MR) is 56.1 cm³/mol. The van der Waals surface area contributed by atoms with E-state index < -0.39 is 0 Å². The molecule has 0 unspecified atom stereocenters. The van der Waals surface area contributed by atoms with Crippen molar-refractivity contribution in [1.29, 1.82) is 0 Å². The first kappa shape index (κ1) is 16.6. The van der Waals surface area contributed by atoms with Crippen LogP contribution in [0.2, 0.25) is 0 Å². The minimum absolute atomic E-state index is 0. The summed E-state index contributed by atoms with van der Waals surface area (Å²) < 4.78 is 0. The number of benzene rings is 1. The number of rotatable bonds is 2. The van der Waals surface area contributed by atoms with Gasteiger partial charge in [0.05, 0.1) is 5.69 Å². The summed E-state index contributed by atoms with van der Waals surface area (Å²) in [6.07, 6.45) is 0. The van der Waals surface area contributed by atoms with Gasteiger partial charge in [-0.2, -0.15) is 0 Å². The van der Waals surface area contributed by atoms with Gasteiger partial charge in [-0.15, -0.1) is 0 Å². The molecule has 0 fully saturated rings. The van der Waals surface area contributed by atoms with Crippen LogP contribution in [0.25, 0.3) is 0 Å². The molecule has 0 aliphatic heterocycles. The van der Waals surface area contributed by atoms with Crippen LogP contribution in [0.15, 0.2) is 30.3 Å². The fourth-order valence-corrected chi connectivity index (χ4v) is 0.637. The monoisotopic (exact) mass is 215 g/mol. The summed E-state index contributed by atoms with van der Waals surface area (Å²) >= 11 is 0. The van der Waals surface area contributed by atoms with Crippen LogP contribution < -0.4 is 5.48 Å². The quantitative estimate of drug-likeness (QED) is 0.569. The SMILES string of the molecule is CC(=O)ONc1ccccc1.[KH].[NaH]. The van der Waals surface area contributed by atoms with Crippen LogP contribution >= 0.6 is 0 Å². The van der Waals surface area contributed by atoms with Crippen LogP contribution in [0.4, 0.5) is 5.69 Å². The van der Waals surface area contributed by atoms with Crippen molar-refractivity contribution >= 4 is 92.6 Å². The third-order valence-electron chi connectivity index (χ3n) is 1.09. The molecule has 0 saturated carbocycles. The topological polar surface area (TPSA) is 38.3 Å². The van der Waals surface area contributed by atoms with Gasteiger partial charge >= 0.3 is 86.9 Å². The van der Waals surface area contributed by atoms with Crippen LogP contribution in [0.1, 0.15) is 6.92 Å². The Kier molecular flexibility index (Phi) is 12.3. The molecular weight excluding hydrogens is 204 g/mol. The van der Waals surface area contributed by atoms with Gasteiger partial charge in [0.25, 0.3) is 0 Å².